The van der Waals surface area contributed by atoms with Crippen LogP contribution in [0, 0.1) is 0 Å². The molecule has 0 spiro atoms. The molecular weight excluding hydrogens is 472 g/mol. The van der Waals surface area contributed by atoms with E-state index >= 15 is 0 Å². The fourth-order valence-corrected chi connectivity index (χ4v) is 5.23. The second kappa shape index (κ2) is 10.2. The molecule has 0 saturated carbocycles. The van der Waals surface area contributed by atoms with E-state index in [-0.39, 0.29) is 12.2 Å². The second-order valence-corrected chi connectivity index (χ2v) is 9.21. The Morgan fingerprint density at radius 2 is 1.69 bits per heavy atom. The Morgan fingerprint density at radius 1 is 1.00 bits per heavy atom. The molecule has 2 heterocycles. The molecule has 7 heteroatoms. The molecule has 5 rings (SSSR count). The average Bonchev–Trinajstić information content (AvgIpc) is 3.19. The maximum atomic E-state index is 13.7. The third kappa shape index (κ3) is 4.65. The van der Waals surface area contributed by atoms with Crippen molar-refractivity contribution in [1.82, 2.24) is 4.57 Å². The Bertz CT molecular complexity index is 1620. The summed E-state index contributed by atoms with van der Waals surface area (Å²) < 4.78 is 13.4. The first-order chi connectivity index (χ1) is 17.5. The van der Waals surface area contributed by atoms with Crippen molar-refractivity contribution >= 4 is 23.4 Å². The molecule has 0 saturated heterocycles. The molecule has 1 unspecified atom stereocenters. The zero-order valence-corrected chi connectivity index (χ0v) is 20.7. The Hall–Kier alpha value is -4.23. The lowest BCUT2D eigenvalue weighted by molar-refractivity contribution is -0.139. The van der Waals surface area contributed by atoms with Gasteiger partial charge in [-0.3, -0.25) is 9.36 Å². The molecule has 1 aliphatic rings. The highest BCUT2D eigenvalue weighted by atomic mass is 32.1. The number of aromatic nitrogens is 1. The minimum Gasteiger partial charge on any atom is -0.463 e. The van der Waals surface area contributed by atoms with Gasteiger partial charge in [0, 0.05) is 0 Å². The van der Waals surface area contributed by atoms with Crippen molar-refractivity contribution in [3.63, 3.8) is 0 Å². The van der Waals surface area contributed by atoms with Gasteiger partial charge in [0.15, 0.2) is 4.80 Å². The van der Waals surface area contributed by atoms with Crippen LogP contribution in [0.5, 0.6) is 11.5 Å². The number of nitrogens with zero attached hydrogens (tertiary/aromatic N) is 2. The number of hydrogen-bond donors (Lipinski definition) is 0. The van der Waals surface area contributed by atoms with Gasteiger partial charge < -0.3 is 9.47 Å². The molecular formula is C29H24N2O4S. The third-order valence-corrected chi connectivity index (χ3v) is 6.75. The fraction of sp³-hybridized carbons (Fsp3) is 0.138. The maximum absolute atomic E-state index is 13.7. The summed E-state index contributed by atoms with van der Waals surface area (Å²) in [6.07, 6.45) is 1.83. The van der Waals surface area contributed by atoms with Crippen LogP contribution in [0.3, 0.4) is 0 Å². The Morgan fingerprint density at radius 3 is 2.42 bits per heavy atom. The van der Waals surface area contributed by atoms with Gasteiger partial charge in [-0.05, 0) is 55.3 Å². The number of esters is 1. The van der Waals surface area contributed by atoms with Crippen LogP contribution in [0.15, 0.2) is 106 Å². The number of ether oxygens (including phenoxy) is 2. The molecule has 0 aliphatic carbocycles. The molecule has 6 nitrogen and oxygen atoms in total. The summed E-state index contributed by atoms with van der Waals surface area (Å²) in [6.45, 7) is 3.78. The molecule has 0 N–H and O–H groups in total. The van der Waals surface area contributed by atoms with Crippen molar-refractivity contribution in [1.29, 1.82) is 0 Å². The van der Waals surface area contributed by atoms with Crippen molar-refractivity contribution in [2.24, 2.45) is 4.99 Å². The first-order valence-corrected chi connectivity index (χ1v) is 12.4. The van der Waals surface area contributed by atoms with E-state index in [0.29, 0.717) is 26.4 Å². The normalized spacial score (nSPS) is 15.3. The van der Waals surface area contributed by atoms with Crippen molar-refractivity contribution in [2.45, 2.75) is 19.9 Å². The van der Waals surface area contributed by atoms with Gasteiger partial charge in [-0.15, -0.1) is 0 Å². The summed E-state index contributed by atoms with van der Waals surface area (Å²) in [7, 11) is 0. The smallest absolute Gasteiger partial charge is 0.338 e. The first-order valence-electron chi connectivity index (χ1n) is 11.6. The zero-order valence-electron chi connectivity index (χ0n) is 19.9. The number of fused-ring (bicyclic) bond motifs is 1. The van der Waals surface area contributed by atoms with E-state index in [1.807, 2.05) is 91.0 Å². The van der Waals surface area contributed by atoms with Gasteiger partial charge in [-0.2, -0.15) is 0 Å². The quantitative estimate of drug-likeness (QED) is 0.366. The third-order valence-electron chi connectivity index (χ3n) is 5.77. The van der Waals surface area contributed by atoms with Crippen LogP contribution in [0.25, 0.3) is 6.08 Å². The standard InChI is InChI=1S/C29H24N2O4S/c1-3-34-28(33)25-19(2)30-29-31(26(25)21-12-6-4-7-13-21)27(32)24(36-29)18-20-11-10-16-23(17-20)35-22-14-8-5-9-15-22/h4-18,26H,3H2,1-2H3. The first kappa shape index (κ1) is 23.5. The molecule has 0 bridgehead atoms. The molecule has 36 heavy (non-hydrogen) atoms. The molecule has 0 amide bonds. The van der Waals surface area contributed by atoms with Gasteiger partial charge in [-0.1, -0.05) is 72.0 Å². The molecule has 0 radical (unpaired) electrons. The molecule has 1 aromatic heterocycles. The van der Waals surface area contributed by atoms with E-state index in [9.17, 15) is 9.59 Å². The van der Waals surface area contributed by atoms with E-state index < -0.39 is 12.0 Å². The van der Waals surface area contributed by atoms with Gasteiger partial charge >= 0.3 is 5.97 Å². The predicted octanol–water partition coefficient (Wildman–Crippen LogP) is 4.59. The summed E-state index contributed by atoms with van der Waals surface area (Å²) in [5, 5.41) is 0. The lowest BCUT2D eigenvalue weighted by Gasteiger charge is -2.24. The molecule has 180 valence electrons. The Labute approximate surface area is 212 Å². The van der Waals surface area contributed by atoms with Gasteiger partial charge in [0.1, 0.15) is 11.5 Å². The number of hydrogen-bond acceptors (Lipinski definition) is 6. The van der Waals surface area contributed by atoms with Crippen LogP contribution in [0.2, 0.25) is 0 Å². The summed E-state index contributed by atoms with van der Waals surface area (Å²) in [6, 6.07) is 26.0. The van der Waals surface area contributed by atoms with Crippen molar-refractivity contribution < 1.29 is 14.3 Å². The number of para-hydroxylation sites is 1. The summed E-state index contributed by atoms with van der Waals surface area (Å²) in [5.41, 5.74) is 2.36. The number of allylic oxidation sites excluding steroid dienone is 1. The lowest BCUT2D eigenvalue weighted by Crippen LogP contribution is -2.39. The Kier molecular flexibility index (Phi) is 6.64. The largest absolute Gasteiger partial charge is 0.463 e. The summed E-state index contributed by atoms with van der Waals surface area (Å²) >= 11 is 1.30. The van der Waals surface area contributed by atoms with Crippen molar-refractivity contribution in [3.8, 4) is 11.5 Å². The zero-order chi connectivity index (χ0) is 25.1. The number of benzene rings is 3. The molecule has 3 aromatic carbocycles. The highest BCUT2D eigenvalue weighted by Gasteiger charge is 2.33. The van der Waals surface area contributed by atoms with Gasteiger partial charge in [0.25, 0.3) is 5.56 Å². The minimum atomic E-state index is -0.614. The highest BCUT2D eigenvalue weighted by Crippen LogP contribution is 2.30. The number of thiazole rings is 1. The van der Waals surface area contributed by atoms with E-state index in [4.69, 9.17) is 9.47 Å². The van der Waals surface area contributed by atoms with Crippen LogP contribution in [0.4, 0.5) is 0 Å². The number of rotatable bonds is 6. The van der Waals surface area contributed by atoms with E-state index in [1.54, 1.807) is 18.4 Å². The van der Waals surface area contributed by atoms with Crippen LogP contribution < -0.4 is 19.6 Å². The number of carbonyl (C=O) groups excluding carboxylic acids is 1. The molecule has 0 fully saturated rings. The van der Waals surface area contributed by atoms with E-state index in [0.717, 1.165) is 16.9 Å². The summed E-state index contributed by atoms with van der Waals surface area (Å²) in [4.78, 5) is 31.8. The van der Waals surface area contributed by atoms with E-state index in [2.05, 4.69) is 4.99 Å². The monoisotopic (exact) mass is 496 g/mol. The van der Waals surface area contributed by atoms with Crippen LogP contribution >= 0.6 is 11.3 Å². The highest BCUT2D eigenvalue weighted by molar-refractivity contribution is 7.07. The van der Waals surface area contributed by atoms with E-state index in [1.165, 1.54) is 11.3 Å². The van der Waals surface area contributed by atoms with Crippen molar-refractivity contribution in [2.75, 3.05) is 6.61 Å². The maximum Gasteiger partial charge on any atom is 0.338 e. The molecule has 1 aliphatic heterocycles. The van der Waals surface area contributed by atoms with Gasteiger partial charge in [-0.25, -0.2) is 9.79 Å². The average molecular weight is 497 g/mol. The topological polar surface area (TPSA) is 69.9 Å². The van der Waals surface area contributed by atoms with Crippen LogP contribution in [-0.2, 0) is 9.53 Å². The van der Waals surface area contributed by atoms with Crippen LogP contribution in [0.1, 0.15) is 31.0 Å². The number of carbonyl (C=O) groups is 1. The van der Waals surface area contributed by atoms with Crippen molar-refractivity contribution in [3.05, 3.63) is 127 Å². The SMILES string of the molecule is CCOC(=O)C1=C(C)N=c2sc(=Cc3cccc(Oc4ccccc4)c3)c(=O)n2C1c1ccccc1. The van der Waals surface area contributed by atoms with Gasteiger partial charge in [0.2, 0.25) is 0 Å². The fourth-order valence-electron chi connectivity index (χ4n) is 4.19. The molecule has 4 aromatic rings. The predicted molar refractivity (Wildman–Crippen MR) is 140 cm³/mol. The van der Waals surface area contributed by atoms with Crippen LogP contribution in [-0.4, -0.2) is 17.1 Å². The minimum absolute atomic E-state index is 0.212. The van der Waals surface area contributed by atoms with Gasteiger partial charge in [0.05, 0.1) is 28.5 Å². The summed E-state index contributed by atoms with van der Waals surface area (Å²) in [5.74, 6) is 0.942. The molecule has 1 atom stereocenters. The second-order valence-electron chi connectivity index (χ2n) is 8.20. The Balaban J connectivity index is 1.60. The lowest BCUT2D eigenvalue weighted by atomic mass is 9.96.